The smallest absolute Gasteiger partial charge is 0.339 e. The summed E-state index contributed by atoms with van der Waals surface area (Å²) in [7, 11) is 2.49. The van der Waals surface area contributed by atoms with Gasteiger partial charge >= 0.3 is 11.9 Å². The highest BCUT2D eigenvalue weighted by molar-refractivity contribution is 5.97. The first-order chi connectivity index (χ1) is 11.0. The van der Waals surface area contributed by atoms with E-state index < -0.39 is 11.9 Å². The van der Waals surface area contributed by atoms with Crippen molar-refractivity contribution in [3.63, 3.8) is 0 Å². The molecule has 2 rings (SSSR count). The van der Waals surface area contributed by atoms with Gasteiger partial charge < -0.3 is 9.47 Å². The Balaban J connectivity index is 2.43. The van der Waals surface area contributed by atoms with Gasteiger partial charge in [-0.2, -0.15) is 0 Å². The minimum absolute atomic E-state index is 0.157. The van der Waals surface area contributed by atoms with Crippen molar-refractivity contribution in [2.45, 2.75) is 0 Å². The second-order valence-electron chi connectivity index (χ2n) is 4.50. The van der Waals surface area contributed by atoms with Crippen LogP contribution < -0.4 is 0 Å². The summed E-state index contributed by atoms with van der Waals surface area (Å²) < 4.78 is 22.2. The van der Waals surface area contributed by atoms with E-state index in [1.54, 1.807) is 0 Å². The van der Waals surface area contributed by atoms with Crippen LogP contribution in [0, 0.1) is 17.7 Å². The number of esters is 2. The number of hydrogen-bond donors (Lipinski definition) is 0. The number of ether oxygens (including phenoxy) is 2. The lowest BCUT2D eigenvalue weighted by molar-refractivity contribution is 0.0599. The third kappa shape index (κ3) is 3.95. The number of carbonyl (C=O) groups excluding carboxylic acids is 2. The normalized spacial score (nSPS) is 9.52. The van der Waals surface area contributed by atoms with Gasteiger partial charge in [0.25, 0.3) is 0 Å². The van der Waals surface area contributed by atoms with Gasteiger partial charge in [0.1, 0.15) is 5.82 Å². The van der Waals surface area contributed by atoms with E-state index in [9.17, 15) is 14.0 Å². The largest absolute Gasteiger partial charge is 0.465 e. The average Bonchev–Trinajstić information content (AvgIpc) is 2.59. The Kier molecular flexibility index (Phi) is 5.11. The Morgan fingerprint density at radius 3 is 2.17 bits per heavy atom. The fourth-order valence-corrected chi connectivity index (χ4v) is 1.85. The van der Waals surface area contributed by atoms with Crippen molar-refractivity contribution in [1.82, 2.24) is 0 Å². The van der Waals surface area contributed by atoms with E-state index in [4.69, 9.17) is 4.74 Å². The van der Waals surface area contributed by atoms with Crippen LogP contribution in [-0.4, -0.2) is 26.2 Å². The van der Waals surface area contributed by atoms with Crippen LogP contribution in [0.25, 0.3) is 0 Å². The van der Waals surface area contributed by atoms with Crippen molar-refractivity contribution in [1.29, 1.82) is 0 Å². The summed E-state index contributed by atoms with van der Waals surface area (Å²) in [5.74, 6) is 4.13. The van der Waals surface area contributed by atoms with Gasteiger partial charge in [-0.05, 0) is 42.5 Å². The van der Waals surface area contributed by atoms with Crippen LogP contribution in [0.1, 0.15) is 31.8 Å². The summed E-state index contributed by atoms with van der Waals surface area (Å²) in [6.45, 7) is 0. The first-order valence-electron chi connectivity index (χ1n) is 6.63. The number of rotatable bonds is 2. The third-order valence-electron chi connectivity index (χ3n) is 3.03. The molecule has 0 heterocycles. The minimum atomic E-state index is -0.612. The molecule has 0 saturated carbocycles. The average molecular weight is 312 g/mol. The van der Waals surface area contributed by atoms with Crippen molar-refractivity contribution < 1.29 is 23.5 Å². The zero-order chi connectivity index (χ0) is 16.8. The van der Waals surface area contributed by atoms with E-state index in [1.807, 2.05) is 0 Å². The van der Waals surface area contributed by atoms with Crippen LogP contribution in [0.2, 0.25) is 0 Å². The molecule has 0 amide bonds. The van der Waals surface area contributed by atoms with Crippen molar-refractivity contribution in [2.24, 2.45) is 0 Å². The lowest BCUT2D eigenvalue weighted by Crippen LogP contribution is -2.08. The lowest BCUT2D eigenvalue weighted by atomic mass is 10.0. The van der Waals surface area contributed by atoms with Crippen LogP contribution in [-0.2, 0) is 9.47 Å². The molecule has 2 aromatic carbocycles. The molecule has 0 radical (unpaired) electrons. The summed E-state index contributed by atoms with van der Waals surface area (Å²) in [4.78, 5) is 23.4. The molecule has 0 N–H and O–H groups in total. The molecular formula is C18H13FO4. The van der Waals surface area contributed by atoms with Gasteiger partial charge in [0.2, 0.25) is 0 Å². The van der Waals surface area contributed by atoms with Gasteiger partial charge in [0, 0.05) is 11.1 Å². The molecule has 0 aromatic heterocycles. The maximum Gasteiger partial charge on any atom is 0.339 e. The summed E-state index contributed by atoms with van der Waals surface area (Å²) in [6, 6.07) is 10.1. The quantitative estimate of drug-likeness (QED) is 0.632. The number of benzene rings is 2. The van der Waals surface area contributed by atoms with Gasteiger partial charge in [-0.3, -0.25) is 0 Å². The minimum Gasteiger partial charge on any atom is -0.465 e. The molecule has 116 valence electrons. The maximum atomic E-state index is 12.9. The zero-order valence-corrected chi connectivity index (χ0v) is 12.6. The van der Waals surface area contributed by atoms with Crippen molar-refractivity contribution in [2.75, 3.05) is 14.2 Å². The zero-order valence-electron chi connectivity index (χ0n) is 12.6. The summed E-state index contributed by atoms with van der Waals surface area (Å²) in [5.41, 5.74) is 1.37. The van der Waals surface area contributed by atoms with E-state index in [-0.39, 0.29) is 16.9 Å². The molecule has 2 aromatic rings. The van der Waals surface area contributed by atoms with E-state index >= 15 is 0 Å². The highest BCUT2D eigenvalue weighted by atomic mass is 19.1. The molecule has 0 spiro atoms. The fraction of sp³-hybridized carbons (Fsp3) is 0.111. The SMILES string of the molecule is COC(=O)c1ccc(C#Cc2ccc(F)cc2)c(C(=O)OC)c1. The molecule has 0 bridgehead atoms. The second kappa shape index (κ2) is 7.23. The summed E-state index contributed by atoms with van der Waals surface area (Å²) in [5, 5.41) is 0. The molecule has 0 saturated heterocycles. The van der Waals surface area contributed by atoms with Gasteiger partial charge in [-0.1, -0.05) is 11.8 Å². The molecular weight excluding hydrogens is 299 g/mol. The Morgan fingerprint density at radius 2 is 1.57 bits per heavy atom. The van der Waals surface area contributed by atoms with Crippen molar-refractivity contribution >= 4 is 11.9 Å². The Morgan fingerprint density at radius 1 is 0.913 bits per heavy atom. The highest BCUT2D eigenvalue weighted by Gasteiger charge is 2.15. The van der Waals surface area contributed by atoms with E-state index in [2.05, 4.69) is 16.6 Å². The van der Waals surface area contributed by atoms with Crippen LogP contribution in [0.15, 0.2) is 42.5 Å². The molecule has 0 unspecified atom stereocenters. The molecule has 5 heteroatoms. The van der Waals surface area contributed by atoms with E-state index in [0.29, 0.717) is 11.1 Å². The Labute approximate surface area is 132 Å². The monoisotopic (exact) mass is 312 g/mol. The number of halogens is 1. The first kappa shape index (κ1) is 16.2. The fourth-order valence-electron chi connectivity index (χ4n) is 1.85. The first-order valence-corrected chi connectivity index (χ1v) is 6.63. The standard InChI is InChI=1S/C18H13FO4/c1-22-17(20)14-8-7-13(16(11-14)18(21)23-2)6-3-12-4-9-15(19)10-5-12/h4-5,7-11H,1-2H3. The van der Waals surface area contributed by atoms with Gasteiger partial charge in [-0.25, -0.2) is 14.0 Å². The molecule has 0 atom stereocenters. The molecule has 0 aliphatic heterocycles. The Bertz CT molecular complexity index is 798. The van der Waals surface area contributed by atoms with E-state index in [1.165, 1.54) is 56.7 Å². The summed E-state index contributed by atoms with van der Waals surface area (Å²) >= 11 is 0. The molecule has 23 heavy (non-hydrogen) atoms. The molecule has 0 aliphatic rings. The molecule has 0 aliphatic carbocycles. The van der Waals surface area contributed by atoms with Crippen molar-refractivity contribution in [3.05, 3.63) is 70.5 Å². The molecule has 4 nitrogen and oxygen atoms in total. The Hall–Kier alpha value is -3.13. The highest BCUT2D eigenvalue weighted by Crippen LogP contribution is 2.14. The van der Waals surface area contributed by atoms with Crippen molar-refractivity contribution in [3.8, 4) is 11.8 Å². The van der Waals surface area contributed by atoms with Crippen LogP contribution in [0.4, 0.5) is 4.39 Å². The molecule has 0 fully saturated rings. The predicted octanol–water partition coefficient (Wildman–Crippen LogP) is 2.80. The third-order valence-corrected chi connectivity index (χ3v) is 3.03. The van der Waals surface area contributed by atoms with Gasteiger partial charge in [0.05, 0.1) is 25.3 Å². The predicted molar refractivity (Wildman–Crippen MR) is 81.5 cm³/mol. The van der Waals surface area contributed by atoms with Gasteiger partial charge in [-0.15, -0.1) is 0 Å². The van der Waals surface area contributed by atoms with E-state index in [0.717, 1.165) is 0 Å². The second-order valence-corrected chi connectivity index (χ2v) is 4.50. The lowest BCUT2D eigenvalue weighted by Gasteiger charge is -2.05. The number of carbonyl (C=O) groups is 2. The topological polar surface area (TPSA) is 52.6 Å². The summed E-state index contributed by atoms with van der Waals surface area (Å²) in [6.07, 6.45) is 0. The van der Waals surface area contributed by atoms with Crippen LogP contribution >= 0.6 is 0 Å². The van der Waals surface area contributed by atoms with Crippen LogP contribution in [0.3, 0.4) is 0 Å². The van der Waals surface area contributed by atoms with Gasteiger partial charge in [0.15, 0.2) is 0 Å². The number of methoxy groups -OCH3 is 2. The number of hydrogen-bond acceptors (Lipinski definition) is 4. The maximum absolute atomic E-state index is 12.9. The van der Waals surface area contributed by atoms with Crippen LogP contribution in [0.5, 0.6) is 0 Å².